The number of nitrogens with zero attached hydrogens (tertiary/aromatic N) is 2. The van der Waals surface area contributed by atoms with Crippen molar-refractivity contribution >= 4 is 17.2 Å². The first-order valence-corrected chi connectivity index (χ1v) is 11.4. The highest BCUT2D eigenvalue weighted by molar-refractivity contribution is 7.09. The predicted octanol–water partition coefficient (Wildman–Crippen LogP) is 5.79. The molecule has 1 atom stereocenters. The number of carbonyl (C=O) groups is 1. The molecule has 3 rings (SSSR count). The van der Waals surface area contributed by atoms with E-state index in [4.69, 9.17) is 14.5 Å². The molecule has 3 aromatic rings. The van der Waals surface area contributed by atoms with Crippen molar-refractivity contribution in [3.05, 3.63) is 75.2 Å². The molecule has 0 saturated carbocycles. The van der Waals surface area contributed by atoms with Gasteiger partial charge in [0.15, 0.2) is 0 Å². The molecule has 0 aliphatic rings. The molecule has 0 fully saturated rings. The first-order valence-electron chi connectivity index (χ1n) is 10.5. The van der Waals surface area contributed by atoms with Crippen molar-refractivity contribution in [2.24, 2.45) is 0 Å². The molecule has 0 radical (unpaired) electrons. The molecule has 1 heterocycles. The Morgan fingerprint density at radius 3 is 2.39 bits per heavy atom. The summed E-state index contributed by atoms with van der Waals surface area (Å²) in [5, 5.41) is 2.91. The van der Waals surface area contributed by atoms with Gasteiger partial charge in [0.25, 0.3) is 5.91 Å². The fraction of sp³-hybridized carbons (Fsp3) is 0.360. The monoisotopic (exact) mass is 438 g/mol. The Hall–Kier alpha value is -2.86. The van der Waals surface area contributed by atoms with Gasteiger partial charge in [-0.05, 0) is 74.7 Å². The van der Waals surface area contributed by atoms with E-state index in [2.05, 4.69) is 33.8 Å². The van der Waals surface area contributed by atoms with Gasteiger partial charge in [0.05, 0.1) is 19.3 Å². The van der Waals surface area contributed by atoms with E-state index in [1.807, 2.05) is 34.5 Å². The summed E-state index contributed by atoms with van der Waals surface area (Å²) in [6.07, 6.45) is 0.870. The molecule has 1 aromatic heterocycles. The van der Waals surface area contributed by atoms with Crippen molar-refractivity contribution in [1.82, 2.24) is 9.88 Å². The van der Waals surface area contributed by atoms with E-state index in [9.17, 15) is 4.79 Å². The Labute approximate surface area is 188 Å². The lowest BCUT2D eigenvalue weighted by molar-refractivity contribution is 0.0669. The molecule has 164 valence electrons. The summed E-state index contributed by atoms with van der Waals surface area (Å²) >= 11 is 1.56. The molecule has 0 bridgehead atoms. The molecule has 0 saturated heterocycles. The maximum absolute atomic E-state index is 13.2. The van der Waals surface area contributed by atoms with E-state index in [0.29, 0.717) is 18.7 Å². The number of thiazole rings is 1. The molecular weight excluding hydrogens is 408 g/mol. The van der Waals surface area contributed by atoms with Gasteiger partial charge in [-0.25, -0.2) is 4.98 Å². The first-order chi connectivity index (χ1) is 14.9. The number of aromatic nitrogens is 1. The number of hydrogen-bond donors (Lipinski definition) is 0. The Kier molecular flexibility index (Phi) is 7.69. The number of aryl methyl sites for hydroxylation is 2. The number of rotatable bonds is 9. The minimum absolute atomic E-state index is 0.00182. The van der Waals surface area contributed by atoms with E-state index in [1.54, 1.807) is 30.6 Å². The van der Waals surface area contributed by atoms with E-state index < -0.39 is 0 Å². The topological polar surface area (TPSA) is 51.7 Å². The lowest BCUT2D eigenvalue weighted by Crippen LogP contribution is -2.37. The molecule has 1 amide bonds. The van der Waals surface area contributed by atoms with Gasteiger partial charge in [-0.3, -0.25) is 4.79 Å². The molecule has 0 aliphatic heterocycles. The number of benzene rings is 2. The molecule has 0 aliphatic carbocycles. The summed E-state index contributed by atoms with van der Waals surface area (Å²) in [6.45, 7) is 9.17. The maximum Gasteiger partial charge on any atom is 0.254 e. The van der Waals surface area contributed by atoms with Crippen LogP contribution in [-0.2, 0) is 13.2 Å². The zero-order valence-electron chi connectivity index (χ0n) is 18.8. The van der Waals surface area contributed by atoms with E-state index in [1.165, 1.54) is 11.1 Å². The smallest absolute Gasteiger partial charge is 0.254 e. The SMILES string of the molecule is CCC(C)N(Cc1csc(COc2cc(C)cc(C)c2)n1)C(=O)c1ccc(OC)cc1. The van der Waals surface area contributed by atoms with Gasteiger partial charge in [-0.15, -0.1) is 11.3 Å². The van der Waals surface area contributed by atoms with Crippen molar-refractivity contribution < 1.29 is 14.3 Å². The number of hydrogen-bond acceptors (Lipinski definition) is 5. The van der Waals surface area contributed by atoms with Gasteiger partial charge < -0.3 is 14.4 Å². The lowest BCUT2D eigenvalue weighted by atomic mass is 10.1. The largest absolute Gasteiger partial charge is 0.497 e. The maximum atomic E-state index is 13.2. The van der Waals surface area contributed by atoms with E-state index >= 15 is 0 Å². The summed E-state index contributed by atoms with van der Waals surface area (Å²) in [5.41, 5.74) is 3.88. The summed E-state index contributed by atoms with van der Waals surface area (Å²) < 4.78 is 11.1. The van der Waals surface area contributed by atoms with Crippen molar-refractivity contribution in [2.45, 2.75) is 53.3 Å². The van der Waals surface area contributed by atoms with Gasteiger partial charge in [-0.1, -0.05) is 13.0 Å². The van der Waals surface area contributed by atoms with Crippen molar-refractivity contribution in [2.75, 3.05) is 7.11 Å². The Balaban J connectivity index is 1.69. The van der Waals surface area contributed by atoms with Crippen LogP contribution in [0.1, 0.15) is 52.5 Å². The van der Waals surface area contributed by atoms with Crippen LogP contribution in [0, 0.1) is 13.8 Å². The zero-order chi connectivity index (χ0) is 22.4. The summed E-state index contributed by atoms with van der Waals surface area (Å²) in [6, 6.07) is 13.5. The number of carbonyl (C=O) groups excluding carboxylic acids is 1. The van der Waals surface area contributed by atoms with Crippen LogP contribution in [0.25, 0.3) is 0 Å². The van der Waals surface area contributed by atoms with Gasteiger partial charge in [0.2, 0.25) is 0 Å². The minimum atomic E-state index is -0.00182. The van der Waals surface area contributed by atoms with Crippen molar-refractivity contribution in [3.8, 4) is 11.5 Å². The van der Waals surface area contributed by atoms with Crippen LogP contribution in [0.2, 0.25) is 0 Å². The minimum Gasteiger partial charge on any atom is -0.497 e. The van der Waals surface area contributed by atoms with Crippen LogP contribution in [-0.4, -0.2) is 28.9 Å². The van der Waals surface area contributed by atoms with Crippen LogP contribution in [0.5, 0.6) is 11.5 Å². The van der Waals surface area contributed by atoms with Gasteiger partial charge in [0.1, 0.15) is 23.1 Å². The van der Waals surface area contributed by atoms with Crippen LogP contribution < -0.4 is 9.47 Å². The Morgan fingerprint density at radius 1 is 1.10 bits per heavy atom. The predicted molar refractivity (Wildman–Crippen MR) is 125 cm³/mol. The number of ether oxygens (including phenoxy) is 2. The third-order valence-electron chi connectivity index (χ3n) is 5.21. The fourth-order valence-electron chi connectivity index (χ4n) is 3.37. The van der Waals surface area contributed by atoms with Crippen molar-refractivity contribution in [1.29, 1.82) is 0 Å². The zero-order valence-corrected chi connectivity index (χ0v) is 19.7. The first kappa shape index (κ1) is 22.8. The van der Waals surface area contributed by atoms with Gasteiger partial charge >= 0.3 is 0 Å². The highest BCUT2D eigenvalue weighted by Gasteiger charge is 2.22. The molecule has 1 unspecified atom stereocenters. The highest BCUT2D eigenvalue weighted by atomic mass is 32.1. The molecule has 0 N–H and O–H groups in total. The van der Waals surface area contributed by atoms with Crippen LogP contribution in [0.3, 0.4) is 0 Å². The highest BCUT2D eigenvalue weighted by Crippen LogP contribution is 2.21. The number of methoxy groups -OCH3 is 1. The molecule has 0 spiro atoms. The molecule has 2 aromatic carbocycles. The average molecular weight is 439 g/mol. The van der Waals surface area contributed by atoms with Gasteiger partial charge in [-0.2, -0.15) is 0 Å². The molecule has 6 heteroatoms. The quantitative estimate of drug-likeness (QED) is 0.424. The van der Waals surface area contributed by atoms with Crippen LogP contribution in [0.4, 0.5) is 0 Å². The number of amides is 1. The fourth-order valence-corrected chi connectivity index (χ4v) is 4.07. The normalized spacial score (nSPS) is 11.8. The molecular formula is C25H30N2O3S. The Morgan fingerprint density at radius 2 is 1.77 bits per heavy atom. The summed E-state index contributed by atoms with van der Waals surface area (Å²) in [7, 11) is 1.62. The standard InChI is InChI=1S/C25H30N2O3S/c1-6-19(4)27(25(28)20-7-9-22(29-5)10-8-20)14-21-16-31-24(26-21)15-30-23-12-17(2)11-18(3)13-23/h7-13,16,19H,6,14-15H2,1-5H3. The molecule has 31 heavy (non-hydrogen) atoms. The molecule has 5 nitrogen and oxygen atoms in total. The third-order valence-corrected chi connectivity index (χ3v) is 6.08. The van der Waals surface area contributed by atoms with Crippen molar-refractivity contribution in [3.63, 3.8) is 0 Å². The third kappa shape index (κ3) is 6.07. The van der Waals surface area contributed by atoms with E-state index in [-0.39, 0.29) is 11.9 Å². The summed E-state index contributed by atoms with van der Waals surface area (Å²) in [5.74, 6) is 1.59. The average Bonchev–Trinajstić information content (AvgIpc) is 3.22. The second kappa shape index (κ2) is 10.4. The van der Waals surface area contributed by atoms with E-state index in [0.717, 1.165) is 28.6 Å². The lowest BCUT2D eigenvalue weighted by Gasteiger charge is -2.28. The van der Waals surface area contributed by atoms with Gasteiger partial charge in [0, 0.05) is 17.0 Å². The summed E-state index contributed by atoms with van der Waals surface area (Å²) in [4.78, 5) is 19.8. The second-order valence-corrected chi connectivity index (χ2v) is 8.71. The van der Waals surface area contributed by atoms with Crippen LogP contribution in [0.15, 0.2) is 47.8 Å². The Bertz CT molecular complexity index is 994. The second-order valence-electron chi connectivity index (χ2n) is 7.76. The van der Waals surface area contributed by atoms with Crippen LogP contribution >= 0.6 is 11.3 Å².